The van der Waals surface area contributed by atoms with Crippen LogP contribution < -0.4 is 9.47 Å². The Kier molecular flexibility index (Phi) is 5.08. The molecule has 1 fully saturated rings. The number of carbonyl (C=O) groups excluding carboxylic acids is 2. The molecule has 0 radical (unpaired) electrons. The molecule has 142 valence electrons. The van der Waals surface area contributed by atoms with Crippen molar-refractivity contribution in [2.24, 2.45) is 0 Å². The number of para-hydroxylation sites is 2. The van der Waals surface area contributed by atoms with Gasteiger partial charge in [0.15, 0.2) is 27.4 Å². The molecule has 3 rings (SSSR count). The first-order valence-corrected chi connectivity index (χ1v) is 10.1. The predicted molar refractivity (Wildman–Crippen MR) is 91.7 cm³/mol. The maximum Gasteiger partial charge on any atom is 0.351 e. The van der Waals surface area contributed by atoms with Gasteiger partial charge in [-0.3, -0.25) is 4.79 Å². The van der Waals surface area contributed by atoms with Crippen LogP contribution in [0.3, 0.4) is 0 Å². The highest BCUT2D eigenvalue weighted by Crippen LogP contribution is 2.31. The van der Waals surface area contributed by atoms with Crippen LogP contribution in [0.1, 0.15) is 13.3 Å². The third-order valence-electron chi connectivity index (χ3n) is 4.52. The SMILES string of the molecule is C[C@H](OC(=O)[C@@H]1COc2ccccc2O1)C(=O)N(C)[C@H]1CCS(=O)(=O)C1. The normalized spacial score (nSPS) is 24.5. The van der Waals surface area contributed by atoms with Crippen molar-refractivity contribution >= 4 is 21.7 Å². The second-order valence-electron chi connectivity index (χ2n) is 6.45. The van der Waals surface area contributed by atoms with Crippen LogP contribution in [0, 0.1) is 0 Å². The van der Waals surface area contributed by atoms with E-state index >= 15 is 0 Å². The monoisotopic (exact) mass is 383 g/mol. The predicted octanol–water partition coefficient (Wildman–Crippen LogP) is 0.404. The van der Waals surface area contributed by atoms with Crippen LogP contribution in [-0.4, -0.2) is 68.6 Å². The quantitative estimate of drug-likeness (QED) is 0.694. The summed E-state index contributed by atoms with van der Waals surface area (Å²) in [6.07, 6.45) is -1.62. The van der Waals surface area contributed by atoms with Crippen molar-refractivity contribution in [3.05, 3.63) is 24.3 Å². The number of sulfone groups is 1. The number of rotatable bonds is 4. The van der Waals surface area contributed by atoms with Gasteiger partial charge in [-0.1, -0.05) is 12.1 Å². The van der Waals surface area contributed by atoms with Crippen LogP contribution in [0.15, 0.2) is 24.3 Å². The molecule has 0 unspecified atom stereocenters. The van der Waals surface area contributed by atoms with Crippen molar-refractivity contribution in [1.29, 1.82) is 0 Å². The van der Waals surface area contributed by atoms with E-state index in [1.54, 1.807) is 24.3 Å². The van der Waals surface area contributed by atoms with E-state index in [9.17, 15) is 18.0 Å². The lowest BCUT2D eigenvalue weighted by Crippen LogP contribution is -2.46. The fourth-order valence-electron chi connectivity index (χ4n) is 2.98. The molecule has 0 aliphatic carbocycles. The summed E-state index contributed by atoms with van der Waals surface area (Å²) in [4.78, 5) is 26.1. The van der Waals surface area contributed by atoms with Crippen molar-refractivity contribution in [1.82, 2.24) is 4.90 Å². The number of fused-ring (bicyclic) bond motifs is 1. The second kappa shape index (κ2) is 7.14. The molecule has 2 aliphatic heterocycles. The van der Waals surface area contributed by atoms with Gasteiger partial charge in [-0.05, 0) is 25.5 Å². The zero-order chi connectivity index (χ0) is 18.9. The van der Waals surface area contributed by atoms with Gasteiger partial charge in [-0.25, -0.2) is 13.2 Å². The Labute approximate surface area is 151 Å². The van der Waals surface area contributed by atoms with E-state index in [-0.39, 0.29) is 18.1 Å². The third-order valence-corrected chi connectivity index (χ3v) is 6.27. The van der Waals surface area contributed by atoms with E-state index in [0.717, 1.165) is 0 Å². The van der Waals surface area contributed by atoms with E-state index < -0.39 is 40.0 Å². The minimum absolute atomic E-state index is 0.00648. The van der Waals surface area contributed by atoms with Gasteiger partial charge >= 0.3 is 5.97 Å². The number of likely N-dealkylation sites (N-methyl/N-ethyl adjacent to an activating group) is 1. The third kappa shape index (κ3) is 3.92. The molecule has 26 heavy (non-hydrogen) atoms. The van der Waals surface area contributed by atoms with Gasteiger partial charge in [0.25, 0.3) is 5.91 Å². The number of carbonyl (C=O) groups is 2. The highest BCUT2D eigenvalue weighted by atomic mass is 32.2. The topological polar surface area (TPSA) is 99.2 Å². The maximum absolute atomic E-state index is 12.4. The zero-order valence-electron chi connectivity index (χ0n) is 14.6. The summed E-state index contributed by atoms with van der Waals surface area (Å²) >= 11 is 0. The highest BCUT2D eigenvalue weighted by Gasteiger charge is 2.36. The van der Waals surface area contributed by atoms with Crippen molar-refractivity contribution in [3.63, 3.8) is 0 Å². The van der Waals surface area contributed by atoms with Crippen LogP contribution in [0.4, 0.5) is 0 Å². The molecule has 0 saturated carbocycles. The second-order valence-corrected chi connectivity index (χ2v) is 8.68. The van der Waals surface area contributed by atoms with Gasteiger partial charge in [0.2, 0.25) is 6.10 Å². The lowest BCUT2D eigenvalue weighted by Gasteiger charge is -2.28. The molecule has 1 saturated heterocycles. The summed E-state index contributed by atoms with van der Waals surface area (Å²) in [6, 6.07) is 6.56. The molecule has 0 spiro atoms. The van der Waals surface area contributed by atoms with Gasteiger partial charge < -0.3 is 19.1 Å². The average Bonchev–Trinajstić information content (AvgIpc) is 2.99. The first kappa shape index (κ1) is 18.5. The molecule has 1 amide bonds. The summed E-state index contributed by atoms with van der Waals surface area (Å²) in [5, 5.41) is 0. The Bertz CT molecular complexity index is 807. The first-order valence-electron chi connectivity index (χ1n) is 8.33. The molecule has 3 atom stereocenters. The summed E-state index contributed by atoms with van der Waals surface area (Å²) in [7, 11) is -1.58. The molecular weight excluding hydrogens is 362 g/mol. The van der Waals surface area contributed by atoms with E-state index in [1.807, 2.05) is 0 Å². The van der Waals surface area contributed by atoms with E-state index in [2.05, 4.69) is 0 Å². The number of ether oxygens (including phenoxy) is 3. The number of amides is 1. The van der Waals surface area contributed by atoms with Gasteiger partial charge in [0.05, 0.1) is 11.5 Å². The first-order chi connectivity index (χ1) is 12.3. The van der Waals surface area contributed by atoms with Gasteiger partial charge in [-0.2, -0.15) is 0 Å². The standard InChI is InChI=1S/C17H21NO7S/c1-11(16(19)18(2)12-7-8-26(21,22)10-12)24-17(20)15-9-23-13-5-3-4-6-14(13)25-15/h3-6,11-12,15H,7-10H2,1-2H3/t11-,12-,15-/m0/s1. The lowest BCUT2D eigenvalue weighted by molar-refractivity contribution is -0.166. The van der Waals surface area contributed by atoms with Crippen molar-refractivity contribution in [2.75, 3.05) is 25.2 Å². The molecule has 2 aliphatic rings. The zero-order valence-corrected chi connectivity index (χ0v) is 15.4. The Morgan fingerprint density at radius 2 is 1.96 bits per heavy atom. The van der Waals surface area contributed by atoms with Crippen LogP contribution in [0.2, 0.25) is 0 Å². The maximum atomic E-state index is 12.4. The van der Waals surface area contributed by atoms with Gasteiger partial charge in [-0.15, -0.1) is 0 Å². The van der Waals surface area contributed by atoms with Crippen LogP contribution >= 0.6 is 0 Å². The molecule has 0 aromatic heterocycles. The number of nitrogens with zero attached hydrogens (tertiary/aromatic N) is 1. The number of hydrogen-bond donors (Lipinski definition) is 0. The smallest absolute Gasteiger partial charge is 0.351 e. The number of benzene rings is 1. The Morgan fingerprint density at radius 3 is 2.62 bits per heavy atom. The Balaban J connectivity index is 1.56. The fraction of sp³-hybridized carbons (Fsp3) is 0.529. The molecule has 1 aromatic carbocycles. The van der Waals surface area contributed by atoms with Crippen molar-refractivity contribution < 1.29 is 32.2 Å². The molecule has 0 N–H and O–H groups in total. The molecular formula is C17H21NO7S. The highest BCUT2D eigenvalue weighted by molar-refractivity contribution is 7.91. The van der Waals surface area contributed by atoms with Crippen LogP contribution in [0.25, 0.3) is 0 Å². The van der Waals surface area contributed by atoms with Crippen molar-refractivity contribution in [3.8, 4) is 11.5 Å². The van der Waals surface area contributed by atoms with Gasteiger partial charge in [0.1, 0.15) is 6.61 Å². The molecule has 1 aromatic rings. The summed E-state index contributed by atoms with van der Waals surface area (Å²) in [5.41, 5.74) is 0. The summed E-state index contributed by atoms with van der Waals surface area (Å²) < 4.78 is 39.4. The summed E-state index contributed by atoms with van der Waals surface area (Å²) in [6.45, 7) is 1.45. The fourth-order valence-corrected chi connectivity index (χ4v) is 4.76. The van der Waals surface area contributed by atoms with Gasteiger partial charge in [0, 0.05) is 13.1 Å². The Morgan fingerprint density at radius 1 is 1.27 bits per heavy atom. The van der Waals surface area contributed by atoms with E-state index in [1.165, 1.54) is 18.9 Å². The minimum Gasteiger partial charge on any atom is -0.485 e. The van der Waals surface area contributed by atoms with Crippen LogP contribution in [0.5, 0.6) is 11.5 Å². The van der Waals surface area contributed by atoms with Crippen molar-refractivity contribution in [2.45, 2.75) is 31.6 Å². The number of esters is 1. The number of hydrogen-bond acceptors (Lipinski definition) is 7. The average molecular weight is 383 g/mol. The van der Waals surface area contributed by atoms with E-state index in [0.29, 0.717) is 17.9 Å². The molecule has 9 heteroatoms. The van der Waals surface area contributed by atoms with Crippen LogP contribution in [-0.2, 0) is 24.2 Å². The van der Waals surface area contributed by atoms with E-state index in [4.69, 9.17) is 14.2 Å². The largest absolute Gasteiger partial charge is 0.485 e. The summed E-state index contributed by atoms with van der Waals surface area (Å²) in [5.74, 6) is -0.163. The molecule has 8 nitrogen and oxygen atoms in total. The molecule has 2 heterocycles. The Hall–Kier alpha value is -2.29. The minimum atomic E-state index is -3.11. The lowest BCUT2D eigenvalue weighted by atomic mass is 10.2. The molecule has 0 bridgehead atoms.